The lowest BCUT2D eigenvalue weighted by molar-refractivity contribution is -0.138. The van der Waals surface area contributed by atoms with Crippen molar-refractivity contribution in [2.45, 2.75) is 26.3 Å². The van der Waals surface area contributed by atoms with Gasteiger partial charge in [0.2, 0.25) is 0 Å². The topological polar surface area (TPSA) is 42.2 Å². The van der Waals surface area contributed by atoms with Crippen LogP contribution in [0.25, 0.3) is 10.9 Å². The van der Waals surface area contributed by atoms with E-state index in [1.807, 2.05) is 11.5 Å². The molecule has 17 heavy (non-hydrogen) atoms. The first-order chi connectivity index (χ1) is 8.06. The fourth-order valence-corrected chi connectivity index (χ4v) is 2.11. The smallest absolute Gasteiger partial charge is 0.312 e. The molecule has 3 nitrogen and oxygen atoms in total. The molecule has 0 bridgehead atoms. The lowest BCUT2D eigenvalue weighted by Gasteiger charge is -2.11. The standard InChI is InChI=1S/C13H14FNO2/c1-3-15-11-6-4-5-10(14)9(11)7-12(15)8(2)13(16)17/h4-8H,3H2,1-2H3,(H,16,17). The Hall–Kier alpha value is -1.84. The molecular formula is C13H14FNO2. The second kappa shape index (κ2) is 4.20. The van der Waals surface area contributed by atoms with Crippen LogP contribution in [-0.2, 0) is 11.3 Å². The second-order valence-electron chi connectivity index (χ2n) is 4.05. The predicted molar refractivity (Wildman–Crippen MR) is 63.6 cm³/mol. The zero-order valence-electron chi connectivity index (χ0n) is 9.77. The molecule has 0 saturated carbocycles. The van der Waals surface area contributed by atoms with Crippen molar-refractivity contribution in [1.29, 1.82) is 0 Å². The zero-order chi connectivity index (χ0) is 12.6. The number of rotatable bonds is 3. The summed E-state index contributed by atoms with van der Waals surface area (Å²) in [4.78, 5) is 11.0. The first-order valence-corrected chi connectivity index (χ1v) is 5.56. The summed E-state index contributed by atoms with van der Waals surface area (Å²) in [5.74, 6) is -1.85. The number of carboxylic acids is 1. The molecule has 0 aliphatic heterocycles. The average molecular weight is 235 g/mol. The van der Waals surface area contributed by atoms with E-state index in [9.17, 15) is 9.18 Å². The van der Waals surface area contributed by atoms with Crippen LogP contribution in [-0.4, -0.2) is 15.6 Å². The molecule has 1 N–H and O–H groups in total. The monoisotopic (exact) mass is 235 g/mol. The SMILES string of the molecule is CCn1c(C(C)C(=O)O)cc2c(F)cccc21. The normalized spacial score (nSPS) is 12.9. The Balaban J connectivity index is 2.72. The maximum atomic E-state index is 13.6. The van der Waals surface area contributed by atoms with Crippen LogP contribution in [0.1, 0.15) is 25.5 Å². The van der Waals surface area contributed by atoms with Gasteiger partial charge in [0.1, 0.15) is 5.82 Å². The minimum atomic E-state index is -0.900. The Morgan fingerprint density at radius 1 is 1.53 bits per heavy atom. The summed E-state index contributed by atoms with van der Waals surface area (Å²) in [7, 11) is 0. The van der Waals surface area contributed by atoms with Gasteiger partial charge < -0.3 is 9.67 Å². The van der Waals surface area contributed by atoms with E-state index >= 15 is 0 Å². The third-order valence-electron chi connectivity index (χ3n) is 3.05. The number of nitrogens with zero attached hydrogens (tertiary/aromatic N) is 1. The molecule has 1 aromatic heterocycles. The van der Waals surface area contributed by atoms with Gasteiger partial charge in [0, 0.05) is 17.6 Å². The van der Waals surface area contributed by atoms with Gasteiger partial charge in [-0.15, -0.1) is 0 Å². The Morgan fingerprint density at radius 2 is 2.24 bits per heavy atom. The molecule has 0 saturated heterocycles. The van der Waals surface area contributed by atoms with Crippen molar-refractivity contribution in [2.24, 2.45) is 0 Å². The van der Waals surface area contributed by atoms with E-state index in [-0.39, 0.29) is 5.82 Å². The molecule has 4 heteroatoms. The van der Waals surface area contributed by atoms with Crippen LogP contribution in [0.15, 0.2) is 24.3 Å². The Kier molecular flexibility index (Phi) is 2.88. The van der Waals surface area contributed by atoms with E-state index < -0.39 is 11.9 Å². The van der Waals surface area contributed by atoms with Crippen molar-refractivity contribution in [2.75, 3.05) is 0 Å². The van der Waals surface area contributed by atoms with Crippen LogP contribution in [0.4, 0.5) is 4.39 Å². The first-order valence-electron chi connectivity index (χ1n) is 5.56. The number of halogens is 1. The van der Waals surface area contributed by atoms with Crippen molar-refractivity contribution < 1.29 is 14.3 Å². The fraction of sp³-hybridized carbons (Fsp3) is 0.308. The number of fused-ring (bicyclic) bond motifs is 1. The lowest BCUT2D eigenvalue weighted by atomic mass is 10.1. The van der Waals surface area contributed by atoms with Crippen LogP contribution in [0, 0.1) is 5.82 Å². The molecule has 2 rings (SSSR count). The molecule has 90 valence electrons. The van der Waals surface area contributed by atoms with Gasteiger partial charge in [-0.3, -0.25) is 4.79 Å². The zero-order valence-corrected chi connectivity index (χ0v) is 9.77. The van der Waals surface area contributed by atoms with Gasteiger partial charge in [-0.25, -0.2) is 4.39 Å². The highest BCUT2D eigenvalue weighted by atomic mass is 19.1. The molecule has 0 aliphatic rings. The van der Waals surface area contributed by atoms with E-state index in [2.05, 4.69) is 0 Å². The quantitative estimate of drug-likeness (QED) is 0.888. The highest BCUT2D eigenvalue weighted by Crippen LogP contribution is 2.27. The summed E-state index contributed by atoms with van der Waals surface area (Å²) in [5, 5.41) is 9.53. The summed E-state index contributed by atoms with van der Waals surface area (Å²) >= 11 is 0. The molecule has 1 aromatic carbocycles. The summed E-state index contributed by atoms with van der Waals surface area (Å²) < 4.78 is 15.5. The fourth-order valence-electron chi connectivity index (χ4n) is 2.11. The van der Waals surface area contributed by atoms with Gasteiger partial charge in [-0.05, 0) is 32.0 Å². The minimum Gasteiger partial charge on any atom is -0.481 e. The number of carbonyl (C=O) groups is 1. The van der Waals surface area contributed by atoms with E-state index in [0.717, 1.165) is 5.52 Å². The average Bonchev–Trinajstić information content (AvgIpc) is 2.67. The van der Waals surface area contributed by atoms with Gasteiger partial charge in [0.15, 0.2) is 0 Å². The van der Waals surface area contributed by atoms with Crippen LogP contribution in [0.2, 0.25) is 0 Å². The first kappa shape index (κ1) is 11.6. The molecule has 0 amide bonds. The third kappa shape index (κ3) is 1.79. The molecule has 1 atom stereocenters. The van der Waals surface area contributed by atoms with Gasteiger partial charge in [0.25, 0.3) is 0 Å². The minimum absolute atomic E-state index is 0.312. The molecular weight excluding hydrogens is 221 g/mol. The maximum absolute atomic E-state index is 13.6. The highest BCUT2D eigenvalue weighted by Gasteiger charge is 2.20. The molecule has 0 radical (unpaired) electrons. The number of aliphatic carboxylic acids is 1. The molecule has 0 aliphatic carbocycles. The van der Waals surface area contributed by atoms with Gasteiger partial charge in [-0.1, -0.05) is 6.07 Å². The molecule has 1 unspecified atom stereocenters. The van der Waals surface area contributed by atoms with E-state index in [1.54, 1.807) is 25.1 Å². The number of aryl methyl sites for hydroxylation is 1. The second-order valence-corrected chi connectivity index (χ2v) is 4.05. The number of hydrogen-bond acceptors (Lipinski definition) is 1. The number of benzene rings is 1. The van der Waals surface area contributed by atoms with Gasteiger partial charge in [-0.2, -0.15) is 0 Å². The van der Waals surface area contributed by atoms with Crippen LogP contribution < -0.4 is 0 Å². The highest BCUT2D eigenvalue weighted by molar-refractivity contribution is 5.85. The van der Waals surface area contributed by atoms with E-state index in [0.29, 0.717) is 17.6 Å². The van der Waals surface area contributed by atoms with Crippen LogP contribution in [0.3, 0.4) is 0 Å². The largest absolute Gasteiger partial charge is 0.481 e. The van der Waals surface area contributed by atoms with Crippen LogP contribution >= 0.6 is 0 Å². The molecule has 0 fully saturated rings. The number of aromatic nitrogens is 1. The number of carboxylic acid groups (broad SMARTS) is 1. The maximum Gasteiger partial charge on any atom is 0.312 e. The molecule has 0 spiro atoms. The predicted octanol–water partition coefficient (Wildman–Crippen LogP) is 2.99. The Morgan fingerprint density at radius 3 is 2.82 bits per heavy atom. The van der Waals surface area contributed by atoms with Gasteiger partial charge in [0.05, 0.1) is 11.4 Å². The van der Waals surface area contributed by atoms with Gasteiger partial charge >= 0.3 is 5.97 Å². The molecule has 1 heterocycles. The summed E-state index contributed by atoms with van der Waals surface area (Å²) in [6, 6.07) is 6.46. The molecule has 2 aromatic rings. The number of hydrogen-bond donors (Lipinski definition) is 1. The van der Waals surface area contributed by atoms with Crippen LogP contribution in [0.5, 0.6) is 0 Å². The Labute approximate surface area is 98.5 Å². The summed E-state index contributed by atoms with van der Waals surface area (Å²) in [5.41, 5.74) is 1.38. The van der Waals surface area contributed by atoms with E-state index in [1.165, 1.54) is 6.07 Å². The van der Waals surface area contributed by atoms with Crippen molar-refractivity contribution in [3.8, 4) is 0 Å². The van der Waals surface area contributed by atoms with Crippen molar-refractivity contribution in [1.82, 2.24) is 4.57 Å². The lowest BCUT2D eigenvalue weighted by Crippen LogP contribution is -2.12. The van der Waals surface area contributed by atoms with Crippen molar-refractivity contribution in [3.63, 3.8) is 0 Å². The van der Waals surface area contributed by atoms with Crippen molar-refractivity contribution in [3.05, 3.63) is 35.8 Å². The van der Waals surface area contributed by atoms with E-state index in [4.69, 9.17) is 5.11 Å². The summed E-state index contributed by atoms with van der Waals surface area (Å²) in [6.07, 6.45) is 0. The summed E-state index contributed by atoms with van der Waals surface area (Å²) in [6.45, 7) is 4.16. The van der Waals surface area contributed by atoms with Crippen molar-refractivity contribution >= 4 is 16.9 Å². The Bertz CT molecular complexity index is 574. The third-order valence-corrected chi connectivity index (χ3v) is 3.05.